The van der Waals surface area contributed by atoms with Crippen LogP contribution in [0.15, 0.2) is 29.4 Å². The fourth-order valence-electron chi connectivity index (χ4n) is 5.16. The van der Waals surface area contributed by atoms with Crippen molar-refractivity contribution in [3.05, 3.63) is 29.8 Å². The molecule has 2 aliphatic carbocycles. The maximum Gasteiger partial charge on any atom is 0.305 e. The van der Waals surface area contributed by atoms with Crippen molar-refractivity contribution in [3.63, 3.8) is 0 Å². The summed E-state index contributed by atoms with van der Waals surface area (Å²) < 4.78 is 1.80. The highest BCUT2D eigenvalue weighted by Crippen LogP contribution is 2.49. The number of carboxylic acids is 1. The Balaban J connectivity index is 1.40. The molecule has 7 nitrogen and oxygen atoms in total. The van der Waals surface area contributed by atoms with E-state index in [-0.39, 0.29) is 30.7 Å². The number of rotatable bonds is 9. The molecule has 1 aromatic carbocycles. The maximum absolute atomic E-state index is 12.6. The highest BCUT2D eigenvalue weighted by atomic mass is 32.2. The topological polar surface area (TPSA) is 97.1 Å². The number of carbonyl (C=O) groups is 2. The Morgan fingerprint density at radius 1 is 1.23 bits per heavy atom. The first kappa shape index (κ1) is 21.9. The Hall–Kier alpha value is -2.35. The standard InChI is InChI=1S/C23H30N4O3S/c1-14-3-6-17(7-4-14)22-25-26-23(27(22)10-9-21(29)30)31-13-20(28)24-15(2)19-12-16-5-8-18(19)11-16/h3-4,6-7,15-16,18-19H,5,8-13H2,1-2H3,(H,24,28)(H,29,30)/t15-,16-,18-,19-/m0/s1. The van der Waals surface area contributed by atoms with Gasteiger partial charge in [-0.1, -0.05) is 48.0 Å². The van der Waals surface area contributed by atoms with Gasteiger partial charge in [0.15, 0.2) is 11.0 Å². The molecule has 31 heavy (non-hydrogen) atoms. The smallest absolute Gasteiger partial charge is 0.305 e. The number of aromatic nitrogens is 3. The molecule has 166 valence electrons. The highest BCUT2D eigenvalue weighted by molar-refractivity contribution is 7.99. The number of amides is 1. The van der Waals surface area contributed by atoms with E-state index in [1.54, 1.807) is 4.57 Å². The lowest BCUT2D eigenvalue weighted by atomic mass is 9.84. The predicted molar refractivity (Wildman–Crippen MR) is 120 cm³/mol. The SMILES string of the molecule is Cc1ccc(-c2nnc(SCC(=O)N[C@@H](C)[C@@H]3C[C@H]4CC[C@H]3C4)n2CCC(=O)O)cc1. The average molecular weight is 443 g/mol. The lowest BCUT2D eigenvalue weighted by Crippen LogP contribution is -2.40. The zero-order valence-electron chi connectivity index (χ0n) is 18.1. The van der Waals surface area contributed by atoms with Gasteiger partial charge in [-0.2, -0.15) is 0 Å². The second-order valence-electron chi connectivity index (χ2n) is 8.95. The molecular weight excluding hydrogens is 412 g/mol. The number of nitrogens with zero attached hydrogens (tertiary/aromatic N) is 3. The number of hydrogen-bond donors (Lipinski definition) is 2. The van der Waals surface area contributed by atoms with Crippen molar-refractivity contribution in [2.45, 2.75) is 63.7 Å². The van der Waals surface area contributed by atoms with Crippen LogP contribution in [0.4, 0.5) is 0 Å². The molecule has 0 saturated heterocycles. The van der Waals surface area contributed by atoms with Crippen molar-refractivity contribution >= 4 is 23.6 Å². The number of hydrogen-bond acceptors (Lipinski definition) is 5. The van der Waals surface area contributed by atoms with E-state index in [4.69, 9.17) is 5.11 Å². The van der Waals surface area contributed by atoms with E-state index in [1.165, 1.54) is 37.4 Å². The van der Waals surface area contributed by atoms with Crippen molar-refractivity contribution in [2.24, 2.45) is 17.8 Å². The van der Waals surface area contributed by atoms with Crippen LogP contribution in [0.1, 0.15) is 44.6 Å². The summed E-state index contributed by atoms with van der Waals surface area (Å²) in [7, 11) is 0. The minimum absolute atomic E-state index is 0.00931. The normalized spacial score (nSPS) is 23.1. The molecule has 2 N–H and O–H groups in total. The van der Waals surface area contributed by atoms with Crippen molar-refractivity contribution in [2.75, 3.05) is 5.75 Å². The quantitative estimate of drug-likeness (QED) is 0.574. The van der Waals surface area contributed by atoms with Gasteiger partial charge in [0.1, 0.15) is 0 Å². The minimum Gasteiger partial charge on any atom is -0.481 e. The summed E-state index contributed by atoms with van der Waals surface area (Å²) in [6, 6.07) is 8.08. The third kappa shape index (κ3) is 5.11. The first-order valence-electron chi connectivity index (χ1n) is 11.0. The van der Waals surface area contributed by atoms with Crippen LogP contribution in [0.5, 0.6) is 0 Å². The predicted octanol–water partition coefficient (Wildman–Crippen LogP) is 3.76. The number of aryl methyl sites for hydroxylation is 1. The van der Waals surface area contributed by atoms with E-state index in [2.05, 4.69) is 22.4 Å². The third-order valence-electron chi connectivity index (χ3n) is 6.73. The van der Waals surface area contributed by atoms with Gasteiger partial charge >= 0.3 is 5.97 Å². The maximum atomic E-state index is 12.6. The third-order valence-corrected chi connectivity index (χ3v) is 7.70. The van der Waals surface area contributed by atoms with Gasteiger partial charge in [0, 0.05) is 18.2 Å². The molecule has 2 aromatic rings. The number of carbonyl (C=O) groups excluding carboxylic acids is 1. The lowest BCUT2D eigenvalue weighted by Gasteiger charge is -2.28. The van der Waals surface area contributed by atoms with Crippen LogP contribution in [-0.2, 0) is 16.1 Å². The van der Waals surface area contributed by atoms with E-state index in [9.17, 15) is 9.59 Å². The molecule has 1 heterocycles. The Morgan fingerprint density at radius 2 is 2.00 bits per heavy atom. The van der Waals surface area contributed by atoms with E-state index in [0.717, 1.165) is 23.0 Å². The highest BCUT2D eigenvalue weighted by Gasteiger charge is 2.42. The van der Waals surface area contributed by atoms with Gasteiger partial charge in [-0.25, -0.2) is 0 Å². The molecule has 1 aromatic heterocycles. The van der Waals surface area contributed by atoms with E-state index in [0.29, 0.717) is 16.9 Å². The fraction of sp³-hybridized carbons (Fsp3) is 0.565. The second kappa shape index (κ2) is 9.42. The summed E-state index contributed by atoms with van der Waals surface area (Å²) in [6.07, 6.45) is 5.19. The molecule has 2 fully saturated rings. The minimum atomic E-state index is -0.878. The zero-order valence-corrected chi connectivity index (χ0v) is 18.9. The first-order chi connectivity index (χ1) is 14.9. The number of fused-ring (bicyclic) bond motifs is 2. The summed E-state index contributed by atoms with van der Waals surface area (Å²) in [6.45, 7) is 4.40. The number of carboxylic acid groups (broad SMARTS) is 1. The first-order valence-corrected chi connectivity index (χ1v) is 12.0. The summed E-state index contributed by atoms with van der Waals surface area (Å²) in [5.74, 6) is 2.20. The molecular formula is C23H30N4O3S. The van der Waals surface area contributed by atoms with Crippen LogP contribution in [0.2, 0.25) is 0 Å². The average Bonchev–Trinajstić information content (AvgIpc) is 3.47. The molecule has 0 spiro atoms. The van der Waals surface area contributed by atoms with Gasteiger partial charge in [0.05, 0.1) is 12.2 Å². The van der Waals surface area contributed by atoms with Crippen molar-refractivity contribution in [1.82, 2.24) is 20.1 Å². The van der Waals surface area contributed by atoms with Gasteiger partial charge in [0.2, 0.25) is 5.91 Å². The summed E-state index contributed by atoms with van der Waals surface area (Å²) in [4.78, 5) is 23.7. The van der Waals surface area contributed by atoms with E-state index in [1.807, 2.05) is 31.2 Å². The van der Waals surface area contributed by atoms with Crippen LogP contribution in [0.3, 0.4) is 0 Å². The van der Waals surface area contributed by atoms with Gasteiger partial charge in [0.25, 0.3) is 0 Å². The summed E-state index contributed by atoms with van der Waals surface area (Å²) in [5.41, 5.74) is 2.01. The molecule has 4 atom stereocenters. The van der Waals surface area contributed by atoms with Gasteiger partial charge in [-0.15, -0.1) is 10.2 Å². The van der Waals surface area contributed by atoms with Crippen LogP contribution >= 0.6 is 11.8 Å². The number of benzene rings is 1. The van der Waals surface area contributed by atoms with Crippen molar-refractivity contribution in [3.8, 4) is 11.4 Å². The van der Waals surface area contributed by atoms with Crippen molar-refractivity contribution < 1.29 is 14.7 Å². The Labute approximate surface area is 187 Å². The molecule has 4 rings (SSSR count). The van der Waals surface area contributed by atoms with Gasteiger partial charge < -0.3 is 15.0 Å². The number of nitrogens with one attached hydrogen (secondary N) is 1. The van der Waals surface area contributed by atoms with E-state index < -0.39 is 5.97 Å². The second-order valence-corrected chi connectivity index (χ2v) is 9.89. The Bertz CT molecular complexity index is 943. The zero-order chi connectivity index (χ0) is 22.0. The number of thioether (sulfide) groups is 1. The molecule has 2 saturated carbocycles. The largest absolute Gasteiger partial charge is 0.481 e. The van der Waals surface area contributed by atoms with Gasteiger partial charge in [-0.3, -0.25) is 9.59 Å². The van der Waals surface area contributed by atoms with E-state index >= 15 is 0 Å². The number of aliphatic carboxylic acids is 1. The van der Waals surface area contributed by atoms with Crippen LogP contribution in [0, 0.1) is 24.7 Å². The van der Waals surface area contributed by atoms with Gasteiger partial charge in [-0.05, 0) is 50.9 Å². The van der Waals surface area contributed by atoms with Crippen LogP contribution in [0.25, 0.3) is 11.4 Å². The molecule has 8 heteroatoms. The summed E-state index contributed by atoms with van der Waals surface area (Å²) in [5, 5.41) is 21.4. The fourth-order valence-corrected chi connectivity index (χ4v) is 5.94. The van der Waals surface area contributed by atoms with Crippen LogP contribution in [-0.4, -0.2) is 43.5 Å². The molecule has 2 bridgehead atoms. The Kier molecular flexibility index (Phi) is 6.65. The lowest BCUT2D eigenvalue weighted by molar-refractivity contribution is -0.137. The molecule has 0 unspecified atom stereocenters. The Morgan fingerprint density at radius 3 is 2.65 bits per heavy atom. The molecule has 1 amide bonds. The monoisotopic (exact) mass is 442 g/mol. The molecule has 2 aliphatic rings. The van der Waals surface area contributed by atoms with Crippen LogP contribution < -0.4 is 5.32 Å². The van der Waals surface area contributed by atoms with Crippen molar-refractivity contribution in [1.29, 1.82) is 0 Å². The summed E-state index contributed by atoms with van der Waals surface area (Å²) >= 11 is 1.31. The molecule has 0 radical (unpaired) electrons. The molecule has 0 aliphatic heterocycles.